The van der Waals surface area contributed by atoms with Gasteiger partial charge in [-0.15, -0.1) is 5.10 Å². The van der Waals surface area contributed by atoms with Gasteiger partial charge in [0.2, 0.25) is 5.91 Å². The van der Waals surface area contributed by atoms with Crippen LogP contribution in [-0.4, -0.2) is 35.9 Å². The maximum atomic E-state index is 12.5. The van der Waals surface area contributed by atoms with Gasteiger partial charge in [-0.2, -0.15) is 5.10 Å². The Balaban J connectivity index is 1.50. The zero-order valence-electron chi connectivity index (χ0n) is 15.6. The molecular formula is C20H17N7O2. The van der Waals surface area contributed by atoms with E-state index >= 15 is 0 Å². The Hall–Kier alpha value is -4.14. The van der Waals surface area contributed by atoms with Crippen LogP contribution < -0.4 is 10.9 Å². The van der Waals surface area contributed by atoms with Crippen molar-refractivity contribution < 1.29 is 4.79 Å². The topological polar surface area (TPSA) is 108 Å². The van der Waals surface area contributed by atoms with Crippen LogP contribution in [0.3, 0.4) is 0 Å². The van der Waals surface area contributed by atoms with Crippen LogP contribution in [0.4, 0.5) is 5.69 Å². The normalized spacial score (nSPS) is 10.7. The highest BCUT2D eigenvalue weighted by Crippen LogP contribution is 2.18. The molecule has 0 aliphatic heterocycles. The van der Waals surface area contributed by atoms with Gasteiger partial charge in [0.25, 0.3) is 5.56 Å². The second-order valence-electron chi connectivity index (χ2n) is 6.38. The number of aryl methyl sites for hydroxylation is 1. The molecule has 1 amide bonds. The lowest BCUT2D eigenvalue weighted by molar-refractivity contribution is -0.117. The Bertz CT molecular complexity index is 1200. The van der Waals surface area contributed by atoms with Crippen molar-refractivity contribution in [2.75, 3.05) is 5.32 Å². The molecule has 1 N–H and O–H groups in total. The summed E-state index contributed by atoms with van der Waals surface area (Å²) in [7, 11) is 0. The number of benzene rings is 2. The summed E-state index contributed by atoms with van der Waals surface area (Å²) in [6.45, 7) is 1.70. The van der Waals surface area contributed by atoms with Crippen LogP contribution in [0.15, 0.2) is 71.8 Å². The van der Waals surface area contributed by atoms with Gasteiger partial charge in [-0.3, -0.25) is 9.59 Å². The third kappa shape index (κ3) is 4.08. The summed E-state index contributed by atoms with van der Waals surface area (Å²) >= 11 is 0. The number of carbonyl (C=O) groups excluding carboxylic acids is 1. The average Bonchev–Trinajstić information content (AvgIpc) is 3.25. The Kier molecular flexibility index (Phi) is 4.93. The number of nitrogens with one attached hydrogen (secondary N) is 1. The van der Waals surface area contributed by atoms with E-state index in [1.165, 1.54) is 12.4 Å². The number of carbonyl (C=O) groups is 1. The van der Waals surface area contributed by atoms with E-state index in [9.17, 15) is 9.59 Å². The van der Waals surface area contributed by atoms with E-state index in [4.69, 9.17) is 0 Å². The Labute approximate surface area is 165 Å². The van der Waals surface area contributed by atoms with E-state index in [0.29, 0.717) is 11.4 Å². The van der Waals surface area contributed by atoms with E-state index < -0.39 is 0 Å². The summed E-state index contributed by atoms with van der Waals surface area (Å²) < 4.78 is 2.69. The van der Waals surface area contributed by atoms with Crippen LogP contribution >= 0.6 is 0 Å². The van der Waals surface area contributed by atoms with Crippen molar-refractivity contribution >= 4 is 11.6 Å². The molecule has 0 aliphatic rings. The van der Waals surface area contributed by atoms with Crippen LogP contribution in [0.5, 0.6) is 0 Å². The smallest absolute Gasteiger partial charge is 0.267 e. The lowest BCUT2D eigenvalue weighted by atomic mass is 10.1. The highest BCUT2D eigenvalue weighted by molar-refractivity contribution is 5.90. The zero-order valence-corrected chi connectivity index (χ0v) is 15.6. The predicted octanol–water partition coefficient (Wildman–Crippen LogP) is 1.83. The highest BCUT2D eigenvalue weighted by Gasteiger charge is 2.10. The van der Waals surface area contributed by atoms with Gasteiger partial charge in [0.1, 0.15) is 12.9 Å². The van der Waals surface area contributed by atoms with Gasteiger partial charge < -0.3 is 5.32 Å². The monoisotopic (exact) mass is 387 g/mol. The largest absolute Gasteiger partial charge is 0.324 e. The third-order valence-corrected chi connectivity index (χ3v) is 4.31. The minimum atomic E-state index is -0.348. The van der Waals surface area contributed by atoms with E-state index in [-0.39, 0.29) is 18.0 Å². The summed E-state index contributed by atoms with van der Waals surface area (Å²) in [5, 5.41) is 18.2. The third-order valence-electron chi connectivity index (χ3n) is 4.31. The number of tetrazole rings is 1. The fraction of sp³-hybridized carbons (Fsp3) is 0.100. The molecular weight excluding hydrogens is 370 g/mol. The molecule has 0 unspecified atom stereocenters. The van der Waals surface area contributed by atoms with Gasteiger partial charge in [0.05, 0.1) is 11.4 Å². The van der Waals surface area contributed by atoms with Crippen molar-refractivity contribution in [3.05, 3.63) is 82.9 Å². The number of hydrogen-bond acceptors (Lipinski definition) is 6. The molecule has 0 aliphatic carbocycles. The van der Waals surface area contributed by atoms with Gasteiger partial charge in [0.15, 0.2) is 0 Å². The number of amides is 1. The number of aromatic nitrogens is 6. The van der Waals surface area contributed by atoms with E-state index in [2.05, 4.69) is 25.9 Å². The van der Waals surface area contributed by atoms with Crippen molar-refractivity contribution in [2.24, 2.45) is 0 Å². The summed E-state index contributed by atoms with van der Waals surface area (Å²) in [4.78, 5) is 24.6. The summed E-state index contributed by atoms with van der Waals surface area (Å²) in [6, 6.07) is 17.9. The van der Waals surface area contributed by atoms with E-state index in [1.54, 1.807) is 16.8 Å². The molecule has 2 aromatic heterocycles. The molecule has 2 aromatic carbocycles. The average molecular weight is 387 g/mol. The van der Waals surface area contributed by atoms with Gasteiger partial charge in [-0.05, 0) is 47.2 Å². The summed E-state index contributed by atoms with van der Waals surface area (Å²) in [6.07, 6.45) is 1.50. The first-order valence-corrected chi connectivity index (χ1v) is 8.87. The Morgan fingerprint density at radius 2 is 1.90 bits per heavy atom. The number of hydrogen-bond donors (Lipinski definition) is 1. The van der Waals surface area contributed by atoms with Crippen molar-refractivity contribution in [1.29, 1.82) is 0 Å². The number of nitrogens with zero attached hydrogens (tertiary/aromatic N) is 6. The molecule has 29 heavy (non-hydrogen) atoms. The Morgan fingerprint density at radius 1 is 1.07 bits per heavy atom. The molecule has 2 heterocycles. The van der Waals surface area contributed by atoms with Gasteiger partial charge in [-0.25, -0.2) is 9.36 Å². The molecule has 0 spiro atoms. The van der Waals surface area contributed by atoms with Crippen molar-refractivity contribution in [3.63, 3.8) is 0 Å². The van der Waals surface area contributed by atoms with Gasteiger partial charge in [0, 0.05) is 17.3 Å². The van der Waals surface area contributed by atoms with Crippen LogP contribution in [0.2, 0.25) is 0 Å². The maximum absolute atomic E-state index is 12.5. The molecule has 4 rings (SSSR count). The van der Waals surface area contributed by atoms with Crippen molar-refractivity contribution in [3.8, 4) is 16.9 Å². The van der Waals surface area contributed by atoms with Gasteiger partial charge >= 0.3 is 0 Å². The first kappa shape index (κ1) is 18.2. The molecule has 0 bridgehead atoms. The minimum Gasteiger partial charge on any atom is -0.324 e. The first-order chi connectivity index (χ1) is 14.1. The molecule has 9 nitrogen and oxygen atoms in total. The lowest BCUT2D eigenvalue weighted by Crippen LogP contribution is -2.29. The summed E-state index contributed by atoms with van der Waals surface area (Å²) in [5.74, 6) is -0.348. The molecule has 0 saturated heterocycles. The molecule has 9 heteroatoms. The molecule has 0 saturated carbocycles. The second-order valence-corrected chi connectivity index (χ2v) is 6.38. The number of anilines is 1. The molecule has 144 valence electrons. The molecule has 0 radical (unpaired) electrons. The second kappa shape index (κ2) is 7.85. The number of rotatable bonds is 5. The van der Waals surface area contributed by atoms with E-state index in [0.717, 1.165) is 21.5 Å². The lowest BCUT2D eigenvalue weighted by Gasteiger charge is -2.10. The predicted molar refractivity (Wildman–Crippen MR) is 106 cm³/mol. The van der Waals surface area contributed by atoms with Crippen LogP contribution in [0.1, 0.15) is 5.56 Å². The Morgan fingerprint density at radius 3 is 2.62 bits per heavy atom. The van der Waals surface area contributed by atoms with Crippen molar-refractivity contribution in [2.45, 2.75) is 13.5 Å². The fourth-order valence-electron chi connectivity index (χ4n) is 2.92. The summed E-state index contributed by atoms with van der Waals surface area (Å²) in [5.41, 5.74) is 3.45. The standard InChI is InChI=1S/C20H17N7O2/c1-14-11-16(7-9-18(14)27-13-21-24-25-27)22-19(28)12-26-20(29)10-8-17(23-26)15-5-3-2-4-6-15/h2-11,13H,12H2,1H3,(H,22,28). The van der Waals surface area contributed by atoms with Crippen LogP contribution in [0.25, 0.3) is 16.9 Å². The zero-order chi connectivity index (χ0) is 20.2. The molecule has 0 fully saturated rings. The van der Waals surface area contributed by atoms with Crippen molar-refractivity contribution in [1.82, 2.24) is 30.0 Å². The maximum Gasteiger partial charge on any atom is 0.267 e. The van der Waals surface area contributed by atoms with Crippen LogP contribution in [0, 0.1) is 6.92 Å². The van der Waals surface area contributed by atoms with E-state index in [1.807, 2.05) is 49.4 Å². The minimum absolute atomic E-state index is 0.187. The molecule has 0 atom stereocenters. The quantitative estimate of drug-likeness (QED) is 0.560. The van der Waals surface area contributed by atoms with Crippen LogP contribution in [-0.2, 0) is 11.3 Å². The fourth-order valence-corrected chi connectivity index (χ4v) is 2.92. The van der Waals surface area contributed by atoms with Gasteiger partial charge in [-0.1, -0.05) is 30.3 Å². The molecule has 4 aromatic rings. The first-order valence-electron chi connectivity index (χ1n) is 8.87. The highest BCUT2D eigenvalue weighted by atomic mass is 16.2. The SMILES string of the molecule is Cc1cc(NC(=O)Cn2nc(-c3ccccc3)ccc2=O)ccc1-n1cnnn1.